The van der Waals surface area contributed by atoms with Crippen molar-refractivity contribution in [2.45, 2.75) is 25.3 Å². The maximum absolute atomic E-state index is 12.4. The van der Waals surface area contributed by atoms with Gasteiger partial charge in [0.1, 0.15) is 0 Å². The van der Waals surface area contributed by atoms with Gasteiger partial charge in [-0.3, -0.25) is 0 Å². The summed E-state index contributed by atoms with van der Waals surface area (Å²) in [6.45, 7) is 4.68. The van der Waals surface area contributed by atoms with Gasteiger partial charge in [0.2, 0.25) is 20.0 Å². The zero-order chi connectivity index (χ0) is 15.0. The number of hydrogen-bond donors (Lipinski definition) is 0. The Bertz CT molecular complexity index is 566. The van der Waals surface area contributed by atoms with E-state index in [9.17, 15) is 16.8 Å². The van der Waals surface area contributed by atoms with Crippen LogP contribution in [0.15, 0.2) is 12.7 Å². The van der Waals surface area contributed by atoms with Crippen molar-refractivity contribution in [3.63, 3.8) is 0 Å². The topological polar surface area (TPSA) is 74.8 Å². The molecule has 0 amide bonds. The largest absolute Gasteiger partial charge is 0.214 e. The van der Waals surface area contributed by atoms with Gasteiger partial charge in [-0.05, 0) is 25.2 Å². The van der Waals surface area contributed by atoms with Gasteiger partial charge in [0.05, 0.1) is 12.0 Å². The first kappa shape index (κ1) is 15.9. The minimum Gasteiger partial charge on any atom is -0.213 e. The average molecular weight is 322 g/mol. The Morgan fingerprint density at radius 1 is 1.25 bits per heavy atom. The van der Waals surface area contributed by atoms with Gasteiger partial charge in [-0.1, -0.05) is 6.08 Å². The summed E-state index contributed by atoms with van der Waals surface area (Å²) in [4.78, 5) is 0. The molecule has 116 valence electrons. The van der Waals surface area contributed by atoms with Crippen LogP contribution in [0.25, 0.3) is 0 Å². The molecule has 1 saturated carbocycles. The van der Waals surface area contributed by atoms with Crippen LogP contribution in [0.4, 0.5) is 0 Å². The molecule has 1 heterocycles. The smallest absolute Gasteiger partial charge is 0.213 e. The Kier molecular flexibility index (Phi) is 4.58. The third-order valence-electron chi connectivity index (χ3n) is 3.78. The highest BCUT2D eigenvalue weighted by molar-refractivity contribution is 7.89. The number of sulfonamides is 2. The monoisotopic (exact) mass is 322 g/mol. The SMILES string of the molecule is C=CCN(C1CC1)S(=O)(=O)C[C@H]1CCN(S(C)(=O)=O)C1. The second-order valence-corrected chi connectivity index (χ2v) is 9.59. The molecular formula is C12H22N2O4S2. The van der Waals surface area contributed by atoms with E-state index in [1.54, 1.807) is 6.08 Å². The van der Waals surface area contributed by atoms with Crippen LogP contribution in [-0.4, -0.2) is 63.1 Å². The number of hydrogen-bond acceptors (Lipinski definition) is 4. The van der Waals surface area contributed by atoms with E-state index in [0.29, 0.717) is 26.1 Å². The van der Waals surface area contributed by atoms with Crippen LogP contribution < -0.4 is 0 Å². The fraction of sp³-hybridized carbons (Fsp3) is 0.833. The third kappa shape index (κ3) is 3.81. The molecule has 0 unspecified atom stereocenters. The summed E-state index contributed by atoms with van der Waals surface area (Å²) in [6, 6.07) is 0.116. The molecule has 6 nitrogen and oxygen atoms in total. The van der Waals surface area contributed by atoms with E-state index in [-0.39, 0.29) is 17.7 Å². The first-order chi connectivity index (χ1) is 9.24. The first-order valence-corrected chi connectivity index (χ1v) is 10.3. The molecule has 0 aromatic heterocycles. The Balaban J connectivity index is 2.00. The summed E-state index contributed by atoms with van der Waals surface area (Å²) in [6.07, 6.45) is 5.20. The Morgan fingerprint density at radius 3 is 2.35 bits per heavy atom. The van der Waals surface area contributed by atoms with Crippen LogP contribution in [0.3, 0.4) is 0 Å². The van der Waals surface area contributed by atoms with E-state index in [4.69, 9.17) is 0 Å². The van der Waals surface area contributed by atoms with Crippen molar-refractivity contribution in [2.24, 2.45) is 5.92 Å². The minimum absolute atomic E-state index is 0.0311. The molecule has 0 aromatic rings. The summed E-state index contributed by atoms with van der Waals surface area (Å²) >= 11 is 0. The van der Waals surface area contributed by atoms with Gasteiger partial charge in [0, 0.05) is 25.7 Å². The molecule has 0 spiro atoms. The zero-order valence-electron chi connectivity index (χ0n) is 11.7. The molecule has 1 aliphatic carbocycles. The van der Waals surface area contributed by atoms with E-state index in [2.05, 4.69) is 6.58 Å². The summed E-state index contributed by atoms with van der Waals surface area (Å²) in [5.74, 6) is -0.0793. The van der Waals surface area contributed by atoms with Gasteiger partial charge in [0.25, 0.3) is 0 Å². The molecule has 2 aliphatic rings. The lowest BCUT2D eigenvalue weighted by atomic mass is 10.2. The predicted octanol–water partition coefficient (Wildman–Crippen LogP) is 0.248. The van der Waals surface area contributed by atoms with E-state index >= 15 is 0 Å². The zero-order valence-corrected chi connectivity index (χ0v) is 13.4. The highest BCUT2D eigenvalue weighted by Gasteiger charge is 2.39. The van der Waals surface area contributed by atoms with Crippen LogP contribution in [0.2, 0.25) is 0 Å². The number of nitrogens with zero attached hydrogens (tertiary/aromatic N) is 2. The van der Waals surface area contributed by atoms with E-state index in [1.165, 1.54) is 8.61 Å². The highest BCUT2D eigenvalue weighted by Crippen LogP contribution is 2.31. The quantitative estimate of drug-likeness (QED) is 0.630. The predicted molar refractivity (Wildman–Crippen MR) is 78.2 cm³/mol. The molecule has 1 aliphatic heterocycles. The average Bonchev–Trinajstić information content (AvgIpc) is 3.03. The van der Waals surface area contributed by atoms with Crippen LogP contribution in [0.5, 0.6) is 0 Å². The van der Waals surface area contributed by atoms with Crippen molar-refractivity contribution < 1.29 is 16.8 Å². The van der Waals surface area contributed by atoms with Crippen LogP contribution >= 0.6 is 0 Å². The van der Waals surface area contributed by atoms with Crippen LogP contribution in [0.1, 0.15) is 19.3 Å². The first-order valence-electron chi connectivity index (χ1n) is 6.79. The number of rotatable bonds is 7. The molecule has 2 fully saturated rings. The lowest BCUT2D eigenvalue weighted by molar-refractivity contribution is 0.424. The summed E-state index contributed by atoms with van der Waals surface area (Å²) in [7, 11) is -6.55. The molecular weight excluding hydrogens is 300 g/mol. The molecule has 0 radical (unpaired) electrons. The molecule has 1 saturated heterocycles. The second kappa shape index (κ2) is 5.75. The van der Waals surface area contributed by atoms with Crippen molar-refractivity contribution in [3.8, 4) is 0 Å². The van der Waals surface area contributed by atoms with E-state index in [1.807, 2.05) is 0 Å². The molecule has 20 heavy (non-hydrogen) atoms. The molecule has 0 N–H and O–H groups in total. The van der Waals surface area contributed by atoms with Crippen molar-refractivity contribution in [3.05, 3.63) is 12.7 Å². The van der Waals surface area contributed by atoms with Gasteiger partial charge >= 0.3 is 0 Å². The molecule has 0 bridgehead atoms. The standard InChI is InChI=1S/C12H22N2O4S2/c1-3-7-14(12-4-5-12)20(17,18)10-11-6-8-13(9-11)19(2,15)16/h3,11-12H,1,4-10H2,2H3/t11-/m0/s1. The fourth-order valence-corrected chi connectivity index (χ4v) is 5.58. The molecule has 2 rings (SSSR count). The van der Waals surface area contributed by atoms with Gasteiger partial charge in [-0.25, -0.2) is 21.1 Å². The highest BCUT2D eigenvalue weighted by atomic mass is 32.2. The van der Waals surface area contributed by atoms with Crippen LogP contribution in [-0.2, 0) is 20.0 Å². The molecule has 1 atom stereocenters. The van der Waals surface area contributed by atoms with Gasteiger partial charge in [-0.2, -0.15) is 4.31 Å². The fourth-order valence-electron chi connectivity index (χ4n) is 2.61. The maximum atomic E-state index is 12.4. The van der Waals surface area contributed by atoms with E-state index < -0.39 is 20.0 Å². The summed E-state index contributed by atoms with van der Waals surface area (Å²) in [5.41, 5.74) is 0. The van der Waals surface area contributed by atoms with Gasteiger partial charge in [0.15, 0.2) is 0 Å². The Morgan fingerprint density at radius 2 is 1.90 bits per heavy atom. The third-order valence-corrected chi connectivity index (χ3v) is 7.11. The van der Waals surface area contributed by atoms with Crippen molar-refractivity contribution in [2.75, 3.05) is 31.6 Å². The molecule has 8 heteroatoms. The van der Waals surface area contributed by atoms with Gasteiger partial charge < -0.3 is 0 Å². The Labute approximate surface area is 121 Å². The lowest BCUT2D eigenvalue weighted by Gasteiger charge is -2.22. The van der Waals surface area contributed by atoms with Crippen molar-refractivity contribution >= 4 is 20.0 Å². The van der Waals surface area contributed by atoms with Crippen molar-refractivity contribution in [1.29, 1.82) is 0 Å². The van der Waals surface area contributed by atoms with Crippen molar-refractivity contribution in [1.82, 2.24) is 8.61 Å². The van der Waals surface area contributed by atoms with Crippen LogP contribution in [0, 0.1) is 5.92 Å². The summed E-state index contributed by atoms with van der Waals surface area (Å²) < 4.78 is 50.6. The molecule has 0 aromatic carbocycles. The normalized spacial score (nSPS) is 25.2. The lowest BCUT2D eigenvalue weighted by Crippen LogP contribution is -2.38. The summed E-state index contributed by atoms with van der Waals surface area (Å²) in [5, 5.41) is 0. The maximum Gasteiger partial charge on any atom is 0.214 e. The van der Waals surface area contributed by atoms with Gasteiger partial charge in [-0.15, -0.1) is 6.58 Å². The second-order valence-electron chi connectivity index (χ2n) is 5.64. The van der Waals surface area contributed by atoms with E-state index in [0.717, 1.165) is 19.1 Å². The Hall–Kier alpha value is -0.440. The minimum atomic E-state index is -3.33.